The van der Waals surface area contributed by atoms with Crippen LogP contribution < -0.4 is 10.1 Å². The molecule has 0 aliphatic rings. The summed E-state index contributed by atoms with van der Waals surface area (Å²) < 4.78 is 5.52. The second-order valence-corrected chi connectivity index (χ2v) is 5.05. The van der Waals surface area contributed by atoms with E-state index in [-0.39, 0.29) is 5.69 Å². The van der Waals surface area contributed by atoms with Gasteiger partial charge in [0.2, 0.25) is 0 Å². The van der Waals surface area contributed by atoms with E-state index in [4.69, 9.17) is 4.74 Å². The van der Waals surface area contributed by atoms with Crippen molar-refractivity contribution >= 4 is 5.69 Å². The van der Waals surface area contributed by atoms with Crippen molar-refractivity contribution in [1.82, 2.24) is 10.3 Å². The van der Waals surface area contributed by atoms with Gasteiger partial charge in [0.25, 0.3) is 5.69 Å². The minimum atomic E-state index is -0.428. The molecular formula is C16H19N3O3. The van der Waals surface area contributed by atoms with Gasteiger partial charge < -0.3 is 10.1 Å². The lowest BCUT2D eigenvalue weighted by molar-refractivity contribution is -0.384. The van der Waals surface area contributed by atoms with Crippen LogP contribution in [-0.2, 0) is 6.54 Å². The van der Waals surface area contributed by atoms with Crippen LogP contribution >= 0.6 is 0 Å². The van der Waals surface area contributed by atoms with Gasteiger partial charge in [-0.25, -0.2) is 0 Å². The number of aryl methyl sites for hydroxylation is 2. The first kappa shape index (κ1) is 15.9. The van der Waals surface area contributed by atoms with Crippen molar-refractivity contribution in [2.24, 2.45) is 0 Å². The fraction of sp³-hybridized carbons (Fsp3) is 0.312. The summed E-state index contributed by atoms with van der Waals surface area (Å²) in [5.74, 6) is 0.622. The van der Waals surface area contributed by atoms with Crippen molar-refractivity contribution in [3.63, 3.8) is 0 Å². The van der Waals surface area contributed by atoms with Crippen molar-refractivity contribution < 1.29 is 9.66 Å². The zero-order valence-corrected chi connectivity index (χ0v) is 12.7. The molecule has 2 rings (SSSR count). The topological polar surface area (TPSA) is 77.3 Å². The van der Waals surface area contributed by atoms with Gasteiger partial charge in [-0.3, -0.25) is 15.1 Å². The Bertz CT molecular complexity index is 621. The van der Waals surface area contributed by atoms with Crippen molar-refractivity contribution in [1.29, 1.82) is 0 Å². The van der Waals surface area contributed by atoms with Gasteiger partial charge in [0.15, 0.2) is 0 Å². The molecule has 0 fully saturated rings. The minimum Gasteiger partial charge on any atom is -0.492 e. The molecular weight excluding hydrogens is 282 g/mol. The minimum absolute atomic E-state index is 0.0615. The van der Waals surface area contributed by atoms with Crippen LogP contribution in [0.4, 0.5) is 5.69 Å². The molecule has 1 heterocycles. The molecule has 1 aromatic heterocycles. The quantitative estimate of drug-likeness (QED) is 0.483. The van der Waals surface area contributed by atoms with Gasteiger partial charge in [0, 0.05) is 30.9 Å². The highest BCUT2D eigenvalue weighted by Gasteiger charge is 2.04. The van der Waals surface area contributed by atoms with Crippen molar-refractivity contribution in [2.75, 3.05) is 13.2 Å². The first-order chi connectivity index (χ1) is 10.5. The normalized spacial score (nSPS) is 10.5. The largest absolute Gasteiger partial charge is 0.492 e. The predicted octanol–water partition coefficient (Wildman–Crippen LogP) is 2.78. The van der Waals surface area contributed by atoms with E-state index in [9.17, 15) is 10.1 Å². The van der Waals surface area contributed by atoms with E-state index in [1.54, 1.807) is 12.1 Å². The van der Waals surface area contributed by atoms with Crippen LogP contribution in [0.5, 0.6) is 5.75 Å². The summed E-state index contributed by atoms with van der Waals surface area (Å²) >= 11 is 0. The molecule has 0 saturated carbocycles. The molecule has 1 N–H and O–H groups in total. The maximum atomic E-state index is 10.5. The molecule has 0 aliphatic heterocycles. The SMILES string of the molecule is Cc1cc(C)nc(CNCCOc2ccc([N+](=O)[O-])cc2)c1. The highest BCUT2D eigenvalue weighted by Crippen LogP contribution is 2.16. The number of nitro benzene ring substituents is 1. The van der Waals surface area contributed by atoms with Gasteiger partial charge in [-0.2, -0.15) is 0 Å². The zero-order chi connectivity index (χ0) is 15.9. The molecule has 0 aliphatic carbocycles. The van der Waals surface area contributed by atoms with E-state index in [0.29, 0.717) is 25.4 Å². The lowest BCUT2D eigenvalue weighted by Crippen LogP contribution is -2.21. The average molecular weight is 301 g/mol. The number of hydrogen-bond donors (Lipinski definition) is 1. The number of pyridine rings is 1. The number of hydrogen-bond acceptors (Lipinski definition) is 5. The Kier molecular flexibility index (Phi) is 5.43. The van der Waals surface area contributed by atoms with Crippen molar-refractivity contribution in [2.45, 2.75) is 20.4 Å². The fourth-order valence-corrected chi connectivity index (χ4v) is 2.14. The summed E-state index contributed by atoms with van der Waals surface area (Å²) in [7, 11) is 0. The molecule has 0 bridgehead atoms. The molecule has 0 spiro atoms. The lowest BCUT2D eigenvalue weighted by atomic mass is 10.2. The first-order valence-corrected chi connectivity index (χ1v) is 7.07. The third-order valence-electron chi connectivity index (χ3n) is 3.05. The predicted molar refractivity (Wildman–Crippen MR) is 84.0 cm³/mol. The molecule has 116 valence electrons. The summed E-state index contributed by atoms with van der Waals surface area (Å²) in [5.41, 5.74) is 3.28. The molecule has 22 heavy (non-hydrogen) atoms. The zero-order valence-electron chi connectivity index (χ0n) is 12.7. The second-order valence-electron chi connectivity index (χ2n) is 5.05. The number of nitro groups is 1. The Morgan fingerprint density at radius 3 is 2.59 bits per heavy atom. The average Bonchev–Trinajstić information content (AvgIpc) is 2.46. The molecule has 1 aromatic carbocycles. The van der Waals surface area contributed by atoms with Gasteiger partial charge in [0.1, 0.15) is 12.4 Å². The van der Waals surface area contributed by atoms with Crippen LogP contribution in [-0.4, -0.2) is 23.1 Å². The first-order valence-electron chi connectivity index (χ1n) is 7.07. The Labute approximate surface area is 129 Å². The van der Waals surface area contributed by atoms with Gasteiger partial charge in [-0.15, -0.1) is 0 Å². The summed E-state index contributed by atoms with van der Waals surface area (Å²) in [4.78, 5) is 14.6. The standard InChI is InChI=1S/C16H19N3O3/c1-12-9-13(2)18-14(10-12)11-17-7-8-22-16-5-3-15(4-6-16)19(20)21/h3-6,9-10,17H,7-8,11H2,1-2H3. The van der Waals surface area contributed by atoms with Crippen LogP contribution in [0, 0.1) is 24.0 Å². The van der Waals surface area contributed by atoms with Crippen LogP contribution in [0.15, 0.2) is 36.4 Å². The highest BCUT2D eigenvalue weighted by molar-refractivity contribution is 5.35. The van der Waals surface area contributed by atoms with E-state index in [1.165, 1.54) is 17.7 Å². The molecule has 0 unspecified atom stereocenters. The van der Waals surface area contributed by atoms with E-state index in [1.807, 2.05) is 13.0 Å². The molecule has 0 saturated heterocycles. The monoisotopic (exact) mass is 301 g/mol. The number of non-ortho nitro benzene ring substituents is 1. The number of aromatic nitrogens is 1. The smallest absolute Gasteiger partial charge is 0.269 e. The van der Waals surface area contributed by atoms with E-state index < -0.39 is 4.92 Å². The van der Waals surface area contributed by atoms with Crippen molar-refractivity contribution in [3.8, 4) is 5.75 Å². The van der Waals surface area contributed by atoms with E-state index in [2.05, 4.69) is 23.3 Å². The van der Waals surface area contributed by atoms with Crippen LogP contribution in [0.2, 0.25) is 0 Å². The Balaban J connectivity index is 1.72. The molecule has 6 heteroatoms. The Hall–Kier alpha value is -2.47. The summed E-state index contributed by atoms with van der Waals surface area (Å²) in [6.45, 7) is 5.88. The van der Waals surface area contributed by atoms with E-state index >= 15 is 0 Å². The lowest BCUT2D eigenvalue weighted by Gasteiger charge is -2.08. The third-order valence-corrected chi connectivity index (χ3v) is 3.05. The number of rotatable bonds is 7. The number of benzene rings is 1. The van der Waals surface area contributed by atoms with Crippen LogP contribution in [0.25, 0.3) is 0 Å². The Morgan fingerprint density at radius 2 is 1.95 bits per heavy atom. The summed E-state index contributed by atoms with van der Waals surface area (Å²) in [6, 6.07) is 10.2. The third kappa shape index (κ3) is 4.82. The highest BCUT2D eigenvalue weighted by atomic mass is 16.6. The van der Waals surface area contributed by atoms with Gasteiger partial charge >= 0.3 is 0 Å². The summed E-state index contributed by atoms with van der Waals surface area (Å²) in [6.07, 6.45) is 0. The maximum Gasteiger partial charge on any atom is 0.269 e. The van der Waals surface area contributed by atoms with Crippen LogP contribution in [0.1, 0.15) is 17.0 Å². The van der Waals surface area contributed by atoms with Gasteiger partial charge in [-0.1, -0.05) is 0 Å². The fourth-order valence-electron chi connectivity index (χ4n) is 2.14. The molecule has 0 atom stereocenters. The van der Waals surface area contributed by atoms with Crippen molar-refractivity contribution in [3.05, 3.63) is 63.5 Å². The van der Waals surface area contributed by atoms with Gasteiger partial charge in [-0.05, 0) is 43.7 Å². The number of nitrogens with zero attached hydrogens (tertiary/aromatic N) is 2. The summed E-state index contributed by atoms with van der Waals surface area (Å²) in [5, 5.41) is 13.8. The number of nitrogens with one attached hydrogen (secondary N) is 1. The maximum absolute atomic E-state index is 10.5. The van der Waals surface area contributed by atoms with E-state index in [0.717, 1.165) is 11.4 Å². The molecule has 0 radical (unpaired) electrons. The number of ether oxygens (including phenoxy) is 1. The van der Waals surface area contributed by atoms with Gasteiger partial charge in [0.05, 0.1) is 10.6 Å². The second kappa shape index (κ2) is 7.51. The molecule has 0 amide bonds. The van der Waals surface area contributed by atoms with Crippen LogP contribution in [0.3, 0.4) is 0 Å². The molecule has 6 nitrogen and oxygen atoms in total. The molecule has 2 aromatic rings. The Morgan fingerprint density at radius 1 is 1.23 bits per heavy atom.